The van der Waals surface area contributed by atoms with E-state index in [9.17, 15) is 0 Å². The predicted octanol–water partition coefficient (Wildman–Crippen LogP) is 6.14. The van der Waals surface area contributed by atoms with E-state index in [1.807, 2.05) is 6.07 Å². The van der Waals surface area contributed by atoms with Gasteiger partial charge < -0.3 is 9.64 Å². The molecule has 33 heavy (non-hydrogen) atoms. The highest BCUT2D eigenvalue weighted by molar-refractivity contribution is 5.34. The van der Waals surface area contributed by atoms with Crippen LogP contribution in [0.4, 0.5) is 0 Å². The second-order valence-electron chi connectivity index (χ2n) is 9.68. The third kappa shape index (κ3) is 5.85. The maximum atomic E-state index is 6.15. The van der Waals surface area contributed by atoms with Crippen LogP contribution in [-0.4, -0.2) is 43.5 Å². The summed E-state index contributed by atoms with van der Waals surface area (Å²) in [6.07, 6.45) is 5.90. The molecule has 1 fully saturated rings. The van der Waals surface area contributed by atoms with E-state index in [-0.39, 0.29) is 5.54 Å². The van der Waals surface area contributed by atoms with Crippen LogP contribution in [0.25, 0.3) is 0 Å². The lowest BCUT2D eigenvalue weighted by Crippen LogP contribution is -2.48. The van der Waals surface area contributed by atoms with Gasteiger partial charge in [-0.1, -0.05) is 72.8 Å². The van der Waals surface area contributed by atoms with Crippen LogP contribution in [0.3, 0.4) is 0 Å². The molecule has 1 aliphatic carbocycles. The first-order valence-corrected chi connectivity index (χ1v) is 12.3. The fraction of sp³-hybridized carbons (Fsp3) is 0.400. The van der Waals surface area contributed by atoms with E-state index >= 15 is 0 Å². The Morgan fingerprint density at radius 3 is 2.06 bits per heavy atom. The Labute approximate surface area is 200 Å². The molecule has 1 aliphatic rings. The third-order valence-corrected chi connectivity index (χ3v) is 7.48. The minimum Gasteiger partial charge on any atom is -0.489 e. The van der Waals surface area contributed by atoms with Gasteiger partial charge in [-0.25, -0.2) is 0 Å². The fourth-order valence-electron chi connectivity index (χ4n) is 5.26. The van der Waals surface area contributed by atoms with Crippen LogP contribution in [0.15, 0.2) is 84.9 Å². The van der Waals surface area contributed by atoms with Gasteiger partial charge in [-0.3, -0.25) is 4.90 Å². The highest BCUT2D eigenvalue weighted by Crippen LogP contribution is 2.43. The van der Waals surface area contributed by atoms with E-state index < -0.39 is 0 Å². The van der Waals surface area contributed by atoms with Crippen LogP contribution < -0.4 is 4.74 Å². The number of ether oxygens (including phenoxy) is 1. The lowest BCUT2D eigenvalue weighted by atomic mass is 9.73. The number of hydrogen-bond donors (Lipinski definition) is 0. The zero-order chi connectivity index (χ0) is 23.1. The second kappa shape index (κ2) is 11.0. The number of nitrogens with zero attached hydrogens (tertiary/aromatic N) is 2. The first-order valence-electron chi connectivity index (χ1n) is 12.3. The smallest absolute Gasteiger partial charge is 0.120 e. The van der Waals surface area contributed by atoms with Gasteiger partial charge in [0.15, 0.2) is 0 Å². The van der Waals surface area contributed by atoms with Crippen molar-refractivity contribution in [2.24, 2.45) is 0 Å². The predicted molar refractivity (Wildman–Crippen MR) is 138 cm³/mol. The van der Waals surface area contributed by atoms with E-state index in [1.165, 1.54) is 42.4 Å². The Kier molecular flexibility index (Phi) is 7.85. The first-order chi connectivity index (χ1) is 16.1. The molecule has 1 saturated carbocycles. The van der Waals surface area contributed by atoms with Crippen molar-refractivity contribution < 1.29 is 4.74 Å². The average molecular weight is 443 g/mol. The summed E-state index contributed by atoms with van der Waals surface area (Å²) in [6.45, 7) is 1.72. The molecule has 174 valence electrons. The Morgan fingerprint density at radius 2 is 1.42 bits per heavy atom. The van der Waals surface area contributed by atoms with Crippen LogP contribution in [0.5, 0.6) is 5.75 Å². The summed E-state index contributed by atoms with van der Waals surface area (Å²) < 4.78 is 6.15. The van der Waals surface area contributed by atoms with E-state index in [2.05, 4.69) is 110 Å². The zero-order valence-corrected chi connectivity index (χ0v) is 20.4. The molecule has 3 nitrogen and oxygen atoms in total. The molecule has 0 amide bonds. The van der Waals surface area contributed by atoms with Crippen molar-refractivity contribution in [1.29, 1.82) is 0 Å². The molecule has 0 heterocycles. The molecule has 0 saturated heterocycles. The van der Waals surface area contributed by atoms with Crippen molar-refractivity contribution in [3.63, 3.8) is 0 Å². The van der Waals surface area contributed by atoms with Crippen LogP contribution in [-0.2, 0) is 18.6 Å². The molecule has 4 rings (SSSR count). The number of benzene rings is 3. The largest absolute Gasteiger partial charge is 0.489 e. The summed E-state index contributed by atoms with van der Waals surface area (Å²) in [5.41, 5.74) is 4.07. The van der Waals surface area contributed by atoms with Gasteiger partial charge in [0.2, 0.25) is 0 Å². The van der Waals surface area contributed by atoms with E-state index in [4.69, 9.17) is 4.74 Å². The third-order valence-electron chi connectivity index (χ3n) is 7.48. The summed E-state index contributed by atoms with van der Waals surface area (Å²) >= 11 is 0. The maximum absolute atomic E-state index is 6.15. The minimum absolute atomic E-state index is 0.0723. The van der Waals surface area contributed by atoms with Crippen molar-refractivity contribution in [1.82, 2.24) is 9.80 Å². The summed E-state index contributed by atoms with van der Waals surface area (Å²) in [7, 11) is 6.77. The number of hydrogen-bond acceptors (Lipinski definition) is 3. The van der Waals surface area contributed by atoms with Gasteiger partial charge in [0, 0.05) is 18.1 Å². The van der Waals surface area contributed by atoms with Gasteiger partial charge in [0.1, 0.15) is 12.4 Å². The Bertz CT molecular complexity index is 978. The first kappa shape index (κ1) is 23.5. The number of likely N-dealkylation sites (N-methyl/N-ethyl adjacent to an activating group) is 1. The maximum Gasteiger partial charge on any atom is 0.120 e. The lowest BCUT2D eigenvalue weighted by molar-refractivity contribution is 0.0574. The average Bonchev–Trinajstić information content (AvgIpc) is 2.87. The number of rotatable bonds is 9. The van der Waals surface area contributed by atoms with Gasteiger partial charge >= 0.3 is 0 Å². The normalized spacial score (nSPS) is 20.8. The molecule has 3 aromatic carbocycles. The van der Waals surface area contributed by atoms with Gasteiger partial charge in [-0.2, -0.15) is 0 Å². The molecule has 0 unspecified atom stereocenters. The standard InChI is InChI=1S/C30H38N2O/c1-31(2)30(27-15-10-16-29(23-27)33-24-26-13-8-5-9-14-26)20-17-28(18-21-30)32(3)22-19-25-11-6-4-7-12-25/h4-16,23,28H,17-22,24H2,1-3H3. The fourth-order valence-corrected chi connectivity index (χ4v) is 5.26. The van der Waals surface area contributed by atoms with Crippen LogP contribution in [0.1, 0.15) is 42.4 Å². The summed E-state index contributed by atoms with van der Waals surface area (Å²) in [5, 5.41) is 0. The topological polar surface area (TPSA) is 15.7 Å². The van der Waals surface area contributed by atoms with Crippen molar-refractivity contribution >= 4 is 0 Å². The van der Waals surface area contributed by atoms with Gasteiger partial charge in [-0.05, 0) is 82.1 Å². The van der Waals surface area contributed by atoms with Crippen molar-refractivity contribution in [2.75, 3.05) is 27.7 Å². The SMILES string of the molecule is CN(CCc1ccccc1)C1CCC(c2cccc(OCc3ccccc3)c2)(N(C)C)CC1. The van der Waals surface area contributed by atoms with E-state index in [0.29, 0.717) is 12.6 Å². The van der Waals surface area contributed by atoms with Gasteiger partial charge in [0.05, 0.1) is 0 Å². The lowest BCUT2D eigenvalue weighted by Gasteiger charge is -2.47. The molecule has 3 aromatic rings. The molecule has 0 aliphatic heterocycles. The van der Waals surface area contributed by atoms with Crippen LogP contribution in [0, 0.1) is 0 Å². The summed E-state index contributed by atoms with van der Waals surface area (Å²) in [5.74, 6) is 0.958. The Balaban J connectivity index is 1.39. The molecule has 3 heteroatoms. The highest BCUT2D eigenvalue weighted by atomic mass is 16.5. The summed E-state index contributed by atoms with van der Waals surface area (Å²) in [4.78, 5) is 5.01. The summed E-state index contributed by atoms with van der Waals surface area (Å²) in [6, 6.07) is 30.7. The van der Waals surface area contributed by atoms with Crippen molar-refractivity contribution in [3.8, 4) is 5.75 Å². The molecular weight excluding hydrogens is 404 g/mol. The second-order valence-corrected chi connectivity index (χ2v) is 9.68. The monoisotopic (exact) mass is 442 g/mol. The van der Waals surface area contributed by atoms with Gasteiger partial charge in [-0.15, -0.1) is 0 Å². The zero-order valence-electron chi connectivity index (χ0n) is 20.4. The van der Waals surface area contributed by atoms with Crippen LogP contribution in [0.2, 0.25) is 0 Å². The Morgan fingerprint density at radius 1 is 0.788 bits per heavy atom. The van der Waals surface area contributed by atoms with Gasteiger partial charge in [0.25, 0.3) is 0 Å². The molecule has 0 radical (unpaired) electrons. The highest BCUT2D eigenvalue weighted by Gasteiger charge is 2.39. The van der Waals surface area contributed by atoms with E-state index in [1.54, 1.807) is 0 Å². The van der Waals surface area contributed by atoms with E-state index in [0.717, 1.165) is 18.7 Å². The quantitative estimate of drug-likeness (QED) is 0.396. The van der Waals surface area contributed by atoms with Crippen molar-refractivity contribution in [3.05, 3.63) is 102 Å². The van der Waals surface area contributed by atoms with Crippen molar-refractivity contribution in [2.45, 2.75) is 50.3 Å². The molecule has 0 aromatic heterocycles. The minimum atomic E-state index is 0.0723. The van der Waals surface area contributed by atoms with Crippen LogP contribution >= 0.6 is 0 Å². The molecule has 0 N–H and O–H groups in total. The molecule has 0 bridgehead atoms. The molecule has 0 atom stereocenters. The molecular formula is C30H38N2O. The molecule has 0 spiro atoms. The Hall–Kier alpha value is -2.62.